The molecule has 0 aliphatic heterocycles. The maximum atomic E-state index is 9.00. The van der Waals surface area contributed by atoms with Crippen LogP contribution in [0.5, 0.6) is 0 Å². The standard InChI is InChI=1S/C31H31N2O.3C29H27N2O/c1-7-31(8-2)25-12-10-9-11-21(25)23-16-24-22-14-13-18(3)27(28(22)34-30(24)32-29(23)31)26-15-19(4)20(5)17-33(26)6;1-16-9-10-19-22-13-21-20-8-7-11-30-28(20)29(4,5)23(21)14-25(22)32-27(19)26(16)24-12-17(2)18(3)15-31(24)6;1-16-11-12-19-21-14-23-26(20-9-7-8-10-22(20)29(23,4)5)30-28(21)32-27(19)25(16)24-13-17(2)18(3)15-31(24)6;1-16-11-12-20-22-14-21-19-9-7-8-10-23(19)29(4,5)27(21)30-28(22)32-26(20)25(16)24-13-17(2)18(3)15-31(24)6/h9-17H,7-8H2,1-6H3;3*7-15H,1-6H3/q4*+1/i1D3,2D3,4D3,5D3,7D2;3*2D3,3D3,4D3,5D3. The molecule has 0 N–H and O–H groups in total. The van der Waals surface area contributed by atoms with E-state index in [4.69, 9.17) is 96.2 Å². The summed E-state index contributed by atoms with van der Waals surface area (Å²) in [5, 5.41) is 4.26. The van der Waals surface area contributed by atoms with Crippen LogP contribution < -0.4 is 18.3 Å². The maximum Gasteiger partial charge on any atom is 0.227 e. The molecule has 24 rings (SSSR count). The van der Waals surface area contributed by atoms with Gasteiger partial charge in [0.15, 0.2) is 41.5 Å². The summed E-state index contributed by atoms with van der Waals surface area (Å²) in [6, 6.07) is 50.6. The van der Waals surface area contributed by atoms with Crippen molar-refractivity contribution >= 4 is 88.1 Å². The highest BCUT2D eigenvalue weighted by Gasteiger charge is 2.45. The van der Waals surface area contributed by atoms with Gasteiger partial charge in [-0.1, -0.05) is 182 Å². The zero-order valence-corrected chi connectivity index (χ0v) is 71.2. The molecule has 1 atom stereocenters. The molecule has 12 nitrogen and oxygen atoms in total. The number of hydrogen-bond acceptors (Lipinski definition) is 8. The average molecular weight is 1760 g/mol. The lowest BCUT2D eigenvalue weighted by Crippen LogP contribution is -2.31. The van der Waals surface area contributed by atoms with Crippen molar-refractivity contribution in [3.8, 4) is 89.7 Å². The van der Waals surface area contributed by atoms with Gasteiger partial charge in [0.2, 0.25) is 39.9 Å². The summed E-state index contributed by atoms with van der Waals surface area (Å²) in [5.74, 6) is 0. The third kappa shape index (κ3) is 12.3. The van der Waals surface area contributed by atoms with Crippen LogP contribution in [0.25, 0.3) is 178 Å². The molecule has 0 amide bonds. The van der Waals surface area contributed by atoms with Gasteiger partial charge in [-0.05, 0) is 221 Å². The van der Waals surface area contributed by atoms with E-state index in [-0.39, 0.29) is 123 Å². The Balaban J connectivity index is 0.000000135. The minimum atomic E-state index is -3.24. The highest BCUT2D eigenvalue weighted by molar-refractivity contribution is 6.15. The van der Waals surface area contributed by atoms with Crippen molar-refractivity contribution in [2.45, 2.75) is 172 Å². The van der Waals surface area contributed by atoms with E-state index in [1.54, 1.807) is 175 Å². The molecule has 12 heterocycles. The van der Waals surface area contributed by atoms with Crippen LogP contribution in [-0.2, 0) is 49.9 Å². The van der Waals surface area contributed by atoms with E-state index < -0.39 is 144 Å². The quantitative estimate of drug-likeness (QED) is 0.151. The minimum absolute atomic E-state index is 0.00234. The lowest BCUT2D eigenvalue weighted by Gasteiger charge is -2.28. The predicted molar refractivity (Wildman–Crippen MR) is 529 cm³/mol. The van der Waals surface area contributed by atoms with Crippen LogP contribution in [0.3, 0.4) is 0 Å². The fourth-order valence-electron chi connectivity index (χ4n) is 19.4. The second kappa shape index (κ2) is 29.9. The smallest absolute Gasteiger partial charge is 0.227 e. The van der Waals surface area contributed by atoms with Crippen molar-refractivity contribution in [2.24, 2.45) is 28.2 Å². The van der Waals surface area contributed by atoms with E-state index in [0.29, 0.717) is 166 Å². The Morgan fingerprint density at radius 2 is 0.700 bits per heavy atom. The van der Waals surface area contributed by atoms with Crippen LogP contribution in [0.15, 0.2) is 237 Å². The van der Waals surface area contributed by atoms with Gasteiger partial charge in [0.25, 0.3) is 0 Å². The molecule has 8 aromatic carbocycles. The zero-order chi connectivity index (χ0) is 133. The Morgan fingerprint density at radius 1 is 0.308 bits per heavy atom. The Morgan fingerprint density at radius 3 is 1.17 bits per heavy atom. The Bertz CT molecular complexity index is 9980. The zero-order valence-electron chi connectivity index (χ0n) is 121. The first-order chi connectivity index (χ1) is 82.5. The molecule has 0 fully saturated rings. The van der Waals surface area contributed by atoms with Crippen molar-refractivity contribution in [1.29, 1.82) is 0 Å². The molecule has 0 saturated heterocycles. The molecule has 644 valence electrons. The molecule has 0 saturated carbocycles. The Labute approximate surface area is 830 Å². The number of nitrogens with zero attached hydrogens (tertiary/aromatic N) is 8. The first kappa shape index (κ1) is 44.5. The van der Waals surface area contributed by atoms with Crippen LogP contribution in [0.1, 0.15) is 248 Å². The Kier molecular flexibility index (Phi) is 10.2. The second-order valence-corrected chi connectivity index (χ2v) is 33.9. The SMILES string of the molecule is [2H]C([2H])([2H])CC1(C([2H])([2H])C([2H])([2H])[2H])c2ccccc2-c2cc3c(nc21)oc1c(-c2cc(C([2H])([2H])[2H])c(C([2H])([2H])[2H])c[n+]2C)c(C)ccc13.[2H]C([2H])([2H])c1cc(-c2c(C)ccc3c2oc2cc4c(cc23)-c2cccnc2C4(C([2H])([2H])[2H])C([2H])([2H])[2H])[n+](C)cc1C([2H])([2H])[2H].[2H]C([2H])([2H])c1cc(-c2c(C)ccc3c2oc2nc4c(cc23)-c2ccccc2C4(C([2H])([2H])[2H])C([2H])([2H])[2H])[n+](C)cc1C([2H])([2H])[2H].[2H]C([2H])([2H])c1cc(-c2c(C)ccc3c2oc2nc4c(cc23)C(C([2H])([2H])[2H])(C([2H])([2H])[2H])c2ccccc2-4)[n+](C)cc1C([2H])([2H])[2H]. The van der Waals surface area contributed by atoms with Crippen LogP contribution in [0.2, 0.25) is 0 Å². The normalized spacial score (nSPS) is 22.2. The fraction of sp³-hybridized carbons (Fsp3) is 0.254. The molecule has 4 aliphatic rings. The van der Waals surface area contributed by atoms with Gasteiger partial charge in [-0.3, -0.25) is 4.98 Å². The predicted octanol–water partition coefficient (Wildman–Crippen LogP) is 27.6. The molecule has 1 unspecified atom stereocenters. The molecule has 12 heteroatoms. The van der Waals surface area contributed by atoms with Crippen molar-refractivity contribution in [1.82, 2.24) is 19.9 Å². The summed E-state index contributed by atoms with van der Waals surface area (Å²) in [7, 11) is 6.44. The molecule has 0 bridgehead atoms. The number of furan rings is 4. The molecule has 4 aliphatic carbocycles. The third-order valence-electron chi connectivity index (χ3n) is 26.0. The van der Waals surface area contributed by atoms with Gasteiger partial charge in [-0.2, -0.15) is 0 Å². The fourth-order valence-corrected chi connectivity index (χ4v) is 19.4. The summed E-state index contributed by atoms with van der Waals surface area (Å²) < 4.78 is 443. The lowest BCUT2D eigenvalue weighted by molar-refractivity contribution is -0.660. The van der Waals surface area contributed by atoms with Crippen molar-refractivity contribution in [3.63, 3.8) is 0 Å². The number of benzene rings is 8. The average Bonchev–Trinajstić information content (AvgIpc) is 1.52. The van der Waals surface area contributed by atoms with Crippen molar-refractivity contribution in [2.75, 3.05) is 0 Å². The number of rotatable bonds is 6. The number of pyridine rings is 8. The van der Waals surface area contributed by atoms with E-state index in [1.807, 2.05) is 25.1 Å². The summed E-state index contributed by atoms with van der Waals surface area (Å²) in [5.41, 5.74) is -0.393. The van der Waals surface area contributed by atoms with E-state index in [2.05, 4.69) is 9.97 Å². The molecule has 0 radical (unpaired) electrons. The van der Waals surface area contributed by atoms with E-state index in [0.717, 1.165) is 0 Å². The van der Waals surface area contributed by atoms with Gasteiger partial charge in [0, 0.05) is 208 Å². The molecule has 12 aromatic heterocycles. The highest BCUT2D eigenvalue weighted by Crippen LogP contribution is 2.57. The second-order valence-electron chi connectivity index (χ2n) is 33.9. The van der Waals surface area contributed by atoms with Crippen LogP contribution >= 0.6 is 0 Å². The van der Waals surface area contributed by atoms with Crippen molar-refractivity contribution < 1.29 is 104 Å². The summed E-state index contributed by atoms with van der Waals surface area (Å²) >= 11 is 0. The maximum absolute atomic E-state index is 9.00. The van der Waals surface area contributed by atoms with Gasteiger partial charge < -0.3 is 17.7 Å². The monoisotopic (exact) mass is 1760 g/mol. The largest absolute Gasteiger partial charge is 0.455 e. The highest BCUT2D eigenvalue weighted by atomic mass is 16.4. The first-order valence-electron chi connectivity index (χ1n) is 66.6. The van der Waals surface area contributed by atoms with Gasteiger partial charge in [0.1, 0.15) is 39.4 Å². The van der Waals surface area contributed by atoms with Crippen LogP contribution in [0, 0.1) is 82.5 Å². The van der Waals surface area contributed by atoms with Gasteiger partial charge >= 0.3 is 0 Å². The number of aromatic nitrogens is 8. The van der Waals surface area contributed by atoms with E-state index in [9.17, 15) is 0 Å². The van der Waals surface area contributed by atoms with Gasteiger partial charge in [-0.25, -0.2) is 33.2 Å². The third-order valence-corrected chi connectivity index (χ3v) is 26.0. The Hall–Kier alpha value is -13.8. The van der Waals surface area contributed by atoms with E-state index in [1.165, 1.54) is 93.2 Å². The first-order valence-corrected chi connectivity index (χ1v) is 41.6. The number of aryl methyl sites for hydroxylation is 16. The number of hydrogen-bond donors (Lipinski definition) is 0. The molecule has 20 aromatic rings. The minimum Gasteiger partial charge on any atom is -0.455 e. The van der Waals surface area contributed by atoms with Gasteiger partial charge in [0.05, 0.1) is 45.0 Å². The van der Waals surface area contributed by atoms with E-state index >= 15 is 0 Å². The number of fused-ring (bicyclic) bond motifs is 24. The summed E-state index contributed by atoms with van der Waals surface area (Å²) in [6.07, 6.45) is 2.61. The van der Waals surface area contributed by atoms with Crippen LogP contribution in [0.4, 0.5) is 0 Å². The molecule has 130 heavy (non-hydrogen) atoms. The summed E-state index contributed by atoms with van der Waals surface area (Å²) in [6.45, 7) is -38.2. The topological polar surface area (TPSA) is 120 Å². The van der Waals surface area contributed by atoms with Crippen LogP contribution in [-0.4, -0.2) is 19.9 Å². The van der Waals surface area contributed by atoms with Gasteiger partial charge in [-0.15, -0.1) is 0 Å². The molecular formula is C118H112N8O4+4. The molecule has 0 spiro atoms. The lowest BCUT2D eigenvalue weighted by atomic mass is 9.76. The summed E-state index contributed by atoms with van der Waals surface area (Å²) in [4.78, 5) is 18.4. The van der Waals surface area contributed by atoms with Crippen molar-refractivity contribution in [3.05, 3.63) is 331 Å². The molecular weight excluding hydrogens is 1590 g/mol.